The van der Waals surface area contributed by atoms with Gasteiger partial charge in [-0.1, -0.05) is 17.7 Å². The average Bonchev–Trinajstić information content (AvgIpc) is 2.32. The summed E-state index contributed by atoms with van der Waals surface area (Å²) in [5, 5.41) is 17.6. The van der Waals surface area contributed by atoms with Gasteiger partial charge in [-0.2, -0.15) is 0 Å². The number of Topliss-reactive ketones (excluding diaryl/α,β-unsaturated/α-hetero) is 1. The predicted molar refractivity (Wildman–Crippen MR) is 77.6 cm³/mol. The second-order valence-electron chi connectivity index (χ2n) is 5.32. The molecule has 0 saturated heterocycles. The predicted octanol–water partition coefficient (Wildman–Crippen LogP) is 2.75. The van der Waals surface area contributed by atoms with E-state index in [4.69, 9.17) is 10.2 Å². The largest absolute Gasteiger partial charge is 0.481 e. The maximum atomic E-state index is 12.2. The minimum absolute atomic E-state index is 0.0413. The lowest BCUT2D eigenvalue weighted by Crippen LogP contribution is -2.23. The van der Waals surface area contributed by atoms with E-state index in [9.17, 15) is 14.4 Å². The molecular weight excluding hydrogens is 272 g/mol. The topological polar surface area (TPSA) is 91.7 Å². The second-order valence-corrected chi connectivity index (χ2v) is 5.32. The zero-order chi connectivity index (χ0) is 16.2. The quantitative estimate of drug-likeness (QED) is 0.595. The highest BCUT2D eigenvalue weighted by molar-refractivity contribution is 5.99. The van der Waals surface area contributed by atoms with E-state index >= 15 is 0 Å². The Kier molecular flexibility index (Phi) is 5.64. The third-order valence-electron chi connectivity index (χ3n) is 3.45. The first-order chi connectivity index (χ1) is 9.73. The maximum Gasteiger partial charge on any atom is 0.317 e. The number of benzene rings is 1. The monoisotopic (exact) mass is 292 g/mol. The highest BCUT2D eigenvalue weighted by atomic mass is 16.4. The smallest absolute Gasteiger partial charge is 0.317 e. The molecule has 1 aromatic rings. The lowest BCUT2D eigenvalue weighted by Gasteiger charge is -2.11. The third kappa shape index (κ3) is 4.41. The van der Waals surface area contributed by atoms with Crippen LogP contribution in [0.3, 0.4) is 0 Å². The van der Waals surface area contributed by atoms with Gasteiger partial charge in [0.2, 0.25) is 0 Å². The third-order valence-corrected chi connectivity index (χ3v) is 3.45. The molecule has 0 heterocycles. The van der Waals surface area contributed by atoms with Gasteiger partial charge in [-0.15, -0.1) is 0 Å². The lowest BCUT2D eigenvalue weighted by atomic mass is 9.93. The Morgan fingerprint density at radius 3 is 1.90 bits per heavy atom. The van der Waals surface area contributed by atoms with Gasteiger partial charge in [0, 0.05) is 12.0 Å². The second kappa shape index (κ2) is 7.02. The summed E-state index contributed by atoms with van der Waals surface area (Å²) in [5.74, 6) is -4.24. The fourth-order valence-electron chi connectivity index (χ4n) is 2.56. The molecule has 0 radical (unpaired) electrons. The van der Waals surface area contributed by atoms with Crippen LogP contribution in [0.5, 0.6) is 0 Å². The summed E-state index contributed by atoms with van der Waals surface area (Å²) in [6.07, 6.45) is 0.358. The molecule has 5 nitrogen and oxygen atoms in total. The molecule has 5 heteroatoms. The Morgan fingerprint density at radius 1 is 1.00 bits per heavy atom. The molecule has 21 heavy (non-hydrogen) atoms. The molecule has 1 aromatic carbocycles. The van der Waals surface area contributed by atoms with Gasteiger partial charge >= 0.3 is 11.9 Å². The zero-order valence-electron chi connectivity index (χ0n) is 12.5. The fraction of sp³-hybridized carbons (Fsp3) is 0.438. The Labute approximate surface area is 123 Å². The van der Waals surface area contributed by atoms with Crippen molar-refractivity contribution in [3.8, 4) is 0 Å². The van der Waals surface area contributed by atoms with Crippen LogP contribution >= 0.6 is 0 Å². The van der Waals surface area contributed by atoms with E-state index in [0.717, 1.165) is 16.7 Å². The Hall–Kier alpha value is -2.17. The van der Waals surface area contributed by atoms with Crippen LogP contribution in [0.4, 0.5) is 0 Å². The summed E-state index contributed by atoms with van der Waals surface area (Å²) in [6.45, 7) is 5.69. The van der Waals surface area contributed by atoms with E-state index in [1.54, 1.807) is 0 Å². The van der Waals surface area contributed by atoms with Gasteiger partial charge in [0.05, 0.1) is 0 Å². The molecule has 0 aromatic heterocycles. The SMILES string of the molecule is Cc1cc(C)c(C(=O)CCCC(C(=O)O)C(=O)O)c(C)c1. The van der Waals surface area contributed by atoms with Crippen LogP contribution < -0.4 is 0 Å². The van der Waals surface area contributed by atoms with Gasteiger partial charge in [-0.3, -0.25) is 14.4 Å². The molecule has 0 amide bonds. The molecule has 0 spiro atoms. The van der Waals surface area contributed by atoms with Crippen molar-refractivity contribution in [3.05, 3.63) is 34.4 Å². The molecule has 0 aliphatic rings. The van der Waals surface area contributed by atoms with Gasteiger partial charge in [-0.25, -0.2) is 0 Å². The molecule has 1 rings (SSSR count). The van der Waals surface area contributed by atoms with Crippen LogP contribution in [0.25, 0.3) is 0 Å². The molecule has 0 aliphatic heterocycles. The number of hydrogen-bond acceptors (Lipinski definition) is 3. The van der Waals surface area contributed by atoms with Crippen molar-refractivity contribution in [2.75, 3.05) is 0 Å². The summed E-state index contributed by atoms with van der Waals surface area (Å²) < 4.78 is 0. The Bertz CT molecular complexity index is 537. The van der Waals surface area contributed by atoms with Crippen LogP contribution in [-0.2, 0) is 9.59 Å². The normalized spacial score (nSPS) is 10.7. The van der Waals surface area contributed by atoms with Gasteiger partial charge in [0.25, 0.3) is 0 Å². The molecule has 2 N–H and O–H groups in total. The van der Waals surface area contributed by atoms with Gasteiger partial charge < -0.3 is 10.2 Å². The molecular formula is C16H20O5. The van der Waals surface area contributed by atoms with E-state index in [1.165, 1.54) is 0 Å². The molecule has 0 atom stereocenters. The standard InChI is InChI=1S/C16H20O5/c1-9-7-10(2)14(11(3)8-9)13(17)6-4-5-12(15(18)19)16(20)21/h7-8,12H,4-6H2,1-3H3,(H,18,19)(H,20,21). The fourth-order valence-corrected chi connectivity index (χ4v) is 2.56. The molecule has 0 fully saturated rings. The number of rotatable bonds is 7. The number of aliphatic carboxylic acids is 2. The maximum absolute atomic E-state index is 12.2. The minimum Gasteiger partial charge on any atom is -0.481 e. The van der Waals surface area contributed by atoms with Crippen LogP contribution in [0, 0.1) is 26.7 Å². The summed E-state index contributed by atoms with van der Waals surface area (Å²) in [7, 11) is 0. The van der Waals surface area contributed by atoms with Crippen LogP contribution in [0.15, 0.2) is 12.1 Å². The summed E-state index contributed by atoms with van der Waals surface area (Å²) in [4.78, 5) is 33.8. The molecule has 0 aliphatic carbocycles. The molecule has 0 unspecified atom stereocenters. The van der Waals surface area contributed by atoms with Gasteiger partial charge in [0.1, 0.15) is 0 Å². The van der Waals surface area contributed by atoms with Crippen molar-refractivity contribution >= 4 is 17.7 Å². The number of carbonyl (C=O) groups is 3. The number of carboxylic acid groups (broad SMARTS) is 2. The van der Waals surface area contributed by atoms with Crippen molar-refractivity contribution in [1.29, 1.82) is 0 Å². The van der Waals surface area contributed by atoms with E-state index in [-0.39, 0.29) is 25.0 Å². The number of aryl methyl sites for hydroxylation is 3. The van der Waals surface area contributed by atoms with Crippen molar-refractivity contribution in [1.82, 2.24) is 0 Å². The zero-order valence-corrected chi connectivity index (χ0v) is 12.5. The summed E-state index contributed by atoms with van der Waals surface area (Å²) >= 11 is 0. The highest BCUT2D eigenvalue weighted by Gasteiger charge is 2.25. The molecule has 114 valence electrons. The first kappa shape index (κ1) is 16.9. The van der Waals surface area contributed by atoms with E-state index in [0.29, 0.717) is 5.56 Å². The lowest BCUT2D eigenvalue weighted by molar-refractivity contribution is -0.154. The number of carboxylic acids is 2. The van der Waals surface area contributed by atoms with E-state index < -0.39 is 17.9 Å². The number of ketones is 1. The van der Waals surface area contributed by atoms with Crippen molar-refractivity contribution in [2.24, 2.45) is 5.92 Å². The molecule has 0 saturated carbocycles. The van der Waals surface area contributed by atoms with Crippen LogP contribution in [0.2, 0.25) is 0 Å². The first-order valence-electron chi connectivity index (χ1n) is 6.80. The van der Waals surface area contributed by atoms with Crippen LogP contribution in [-0.4, -0.2) is 27.9 Å². The van der Waals surface area contributed by atoms with E-state index in [2.05, 4.69) is 0 Å². The number of hydrogen-bond donors (Lipinski definition) is 2. The van der Waals surface area contributed by atoms with Crippen molar-refractivity contribution < 1.29 is 24.6 Å². The Balaban J connectivity index is 2.71. The summed E-state index contributed by atoms with van der Waals surface area (Å²) in [6, 6.07) is 3.86. The van der Waals surface area contributed by atoms with Gasteiger partial charge in [0.15, 0.2) is 11.7 Å². The van der Waals surface area contributed by atoms with Crippen molar-refractivity contribution in [2.45, 2.75) is 40.0 Å². The number of carbonyl (C=O) groups excluding carboxylic acids is 1. The Morgan fingerprint density at radius 2 is 1.48 bits per heavy atom. The first-order valence-corrected chi connectivity index (χ1v) is 6.80. The molecule has 0 bridgehead atoms. The summed E-state index contributed by atoms with van der Waals surface area (Å²) in [5.41, 5.74) is 3.53. The van der Waals surface area contributed by atoms with Crippen molar-refractivity contribution in [3.63, 3.8) is 0 Å². The average molecular weight is 292 g/mol. The highest BCUT2D eigenvalue weighted by Crippen LogP contribution is 2.20. The minimum atomic E-state index is -1.45. The van der Waals surface area contributed by atoms with E-state index in [1.807, 2.05) is 32.9 Å². The van der Waals surface area contributed by atoms with Crippen LogP contribution in [0.1, 0.15) is 46.3 Å². The van der Waals surface area contributed by atoms with Gasteiger partial charge in [-0.05, 0) is 44.7 Å².